The van der Waals surface area contributed by atoms with E-state index in [9.17, 15) is 4.39 Å². The molecule has 1 aliphatic rings. The summed E-state index contributed by atoms with van der Waals surface area (Å²) in [5.41, 5.74) is 10.2. The van der Waals surface area contributed by atoms with Crippen LogP contribution in [0.4, 0.5) is 4.39 Å². The molecule has 1 aromatic carbocycles. The van der Waals surface area contributed by atoms with Crippen molar-refractivity contribution >= 4 is 0 Å². The predicted octanol–water partition coefficient (Wildman–Crippen LogP) is 2.53. The molecule has 0 aliphatic carbocycles. The fourth-order valence-electron chi connectivity index (χ4n) is 2.81. The molecule has 3 rings (SSSR count). The van der Waals surface area contributed by atoms with E-state index in [1.807, 2.05) is 12.1 Å². The van der Waals surface area contributed by atoms with Crippen LogP contribution in [-0.2, 0) is 19.4 Å². The first kappa shape index (κ1) is 12.4. The predicted molar refractivity (Wildman–Crippen MR) is 73.3 cm³/mol. The van der Waals surface area contributed by atoms with Gasteiger partial charge in [-0.3, -0.25) is 4.68 Å². The summed E-state index contributed by atoms with van der Waals surface area (Å²) < 4.78 is 15.2. The fraction of sp³-hybridized carbons (Fsp3) is 0.400. The minimum absolute atomic E-state index is 0.204. The van der Waals surface area contributed by atoms with Gasteiger partial charge in [-0.25, -0.2) is 4.39 Å². The molecule has 0 radical (unpaired) electrons. The van der Waals surface area contributed by atoms with Crippen LogP contribution in [0.2, 0.25) is 0 Å². The number of hydrogen-bond donors (Lipinski definition) is 1. The Labute approximate surface area is 112 Å². The molecule has 0 fully saturated rings. The second-order valence-corrected chi connectivity index (χ2v) is 4.99. The van der Waals surface area contributed by atoms with E-state index >= 15 is 0 Å². The highest BCUT2D eigenvalue weighted by atomic mass is 19.1. The zero-order chi connectivity index (χ0) is 13.2. The second-order valence-electron chi connectivity index (χ2n) is 4.99. The van der Waals surface area contributed by atoms with Crippen LogP contribution in [0.15, 0.2) is 24.3 Å². The van der Waals surface area contributed by atoms with Crippen molar-refractivity contribution < 1.29 is 4.39 Å². The maximum Gasteiger partial charge on any atom is 0.123 e. The van der Waals surface area contributed by atoms with Gasteiger partial charge in [0.2, 0.25) is 0 Å². The molecular formula is C15H18FN3. The summed E-state index contributed by atoms with van der Waals surface area (Å²) >= 11 is 0. The number of hydrogen-bond acceptors (Lipinski definition) is 2. The second kappa shape index (κ2) is 5.13. The Balaban J connectivity index is 2.11. The highest BCUT2D eigenvalue weighted by Gasteiger charge is 2.20. The van der Waals surface area contributed by atoms with E-state index in [0.29, 0.717) is 6.54 Å². The van der Waals surface area contributed by atoms with E-state index in [1.165, 1.54) is 36.2 Å². The molecule has 0 saturated carbocycles. The minimum Gasteiger partial charge on any atom is -0.330 e. The highest BCUT2D eigenvalue weighted by Crippen LogP contribution is 2.31. The molecular weight excluding hydrogens is 241 g/mol. The van der Waals surface area contributed by atoms with E-state index in [-0.39, 0.29) is 5.82 Å². The first-order chi connectivity index (χ1) is 9.29. The summed E-state index contributed by atoms with van der Waals surface area (Å²) in [6.45, 7) is 1.57. The van der Waals surface area contributed by atoms with Crippen LogP contribution < -0.4 is 5.73 Å². The maximum absolute atomic E-state index is 13.1. The zero-order valence-electron chi connectivity index (χ0n) is 10.9. The first-order valence-corrected chi connectivity index (χ1v) is 6.84. The van der Waals surface area contributed by atoms with E-state index in [1.54, 1.807) is 0 Å². The molecule has 0 saturated heterocycles. The molecule has 19 heavy (non-hydrogen) atoms. The van der Waals surface area contributed by atoms with Gasteiger partial charge in [-0.05, 0) is 43.5 Å². The van der Waals surface area contributed by atoms with Gasteiger partial charge in [-0.15, -0.1) is 0 Å². The average Bonchev–Trinajstić information content (AvgIpc) is 2.78. The van der Waals surface area contributed by atoms with Gasteiger partial charge in [0.25, 0.3) is 0 Å². The summed E-state index contributed by atoms with van der Waals surface area (Å²) in [7, 11) is 0. The lowest BCUT2D eigenvalue weighted by Crippen LogP contribution is -2.11. The molecule has 1 aliphatic heterocycles. The van der Waals surface area contributed by atoms with Crippen molar-refractivity contribution in [1.29, 1.82) is 0 Å². The third-order valence-electron chi connectivity index (χ3n) is 3.68. The SMILES string of the molecule is NCCc1nn2c(c1-c1ccc(F)cc1)CCCC2. The van der Waals surface area contributed by atoms with Gasteiger partial charge in [0.1, 0.15) is 5.82 Å². The number of fused-ring (bicyclic) bond motifs is 1. The van der Waals surface area contributed by atoms with Crippen molar-refractivity contribution in [2.45, 2.75) is 32.2 Å². The Kier molecular flexibility index (Phi) is 3.34. The maximum atomic E-state index is 13.1. The lowest BCUT2D eigenvalue weighted by molar-refractivity contribution is 0.484. The van der Waals surface area contributed by atoms with Crippen LogP contribution in [-0.4, -0.2) is 16.3 Å². The standard InChI is InChI=1S/C15H18FN3/c16-12-6-4-11(5-7-12)15-13(8-9-17)18-19-10-2-1-3-14(15)19/h4-7H,1-3,8-10,17H2. The summed E-state index contributed by atoms with van der Waals surface area (Å²) in [6, 6.07) is 6.69. The van der Waals surface area contributed by atoms with E-state index in [0.717, 1.165) is 30.6 Å². The van der Waals surface area contributed by atoms with Crippen molar-refractivity contribution in [3.05, 3.63) is 41.5 Å². The average molecular weight is 259 g/mol. The van der Waals surface area contributed by atoms with E-state index in [2.05, 4.69) is 9.78 Å². The van der Waals surface area contributed by atoms with Crippen LogP contribution in [0.5, 0.6) is 0 Å². The van der Waals surface area contributed by atoms with Crippen LogP contribution in [0, 0.1) is 5.82 Å². The Morgan fingerprint density at radius 2 is 2.00 bits per heavy atom. The zero-order valence-corrected chi connectivity index (χ0v) is 10.9. The van der Waals surface area contributed by atoms with Crippen LogP contribution in [0.3, 0.4) is 0 Å². The fourth-order valence-corrected chi connectivity index (χ4v) is 2.81. The lowest BCUT2D eigenvalue weighted by atomic mass is 9.97. The van der Waals surface area contributed by atoms with Gasteiger partial charge in [-0.1, -0.05) is 12.1 Å². The van der Waals surface area contributed by atoms with Crippen LogP contribution >= 0.6 is 0 Å². The Morgan fingerprint density at radius 1 is 1.21 bits per heavy atom. The molecule has 4 heteroatoms. The van der Waals surface area contributed by atoms with Gasteiger partial charge >= 0.3 is 0 Å². The molecule has 0 spiro atoms. The number of aryl methyl sites for hydroxylation is 1. The molecule has 2 aromatic rings. The Morgan fingerprint density at radius 3 is 2.74 bits per heavy atom. The van der Waals surface area contributed by atoms with Crippen molar-refractivity contribution in [3.63, 3.8) is 0 Å². The molecule has 0 atom stereocenters. The van der Waals surface area contributed by atoms with Crippen molar-refractivity contribution in [3.8, 4) is 11.1 Å². The van der Waals surface area contributed by atoms with Crippen molar-refractivity contribution in [2.75, 3.05) is 6.54 Å². The van der Waals surface area contributed by atoms with Gasteiger partial charge < -0.3 is 5.73 Å². The quantitative estimate of drug-likeness (QED) is 0.920. The molecule has 1 aromatic heterocycles. The van der Waals surface area contributed by atoms with Gasteiger partial charge in [-0.2, -0.15) is 5.10 Å². The number of nitrogens with two attached hydrogens (primary N) is 1. The number of aromatic nitrogens is 2. The summed E-state index contributed by atoms with van der Waals surface area (Å²) in [5.74, 6) is -0.204. The topological polar surface area (TPSA) is 43.8 Å². The third-order valence-corrected chi connectivity index (χ3v) is 3.68. The van der Waals surface area contributed by atoms with E-state index < -0.39 is 0 Å². The molecule has 2 N–H and O–H groups in total. The van der Waals surface area contributed by atoms with E-state index in [4.69, 9.17) is 5.73 Å². The van der Waals surface area contributed by atoms with Crippen LogP contribution in [0.25, 0.3) is 11.1 Å². The third kappa shape index (κ3) is 2.28. The van der Waals surface area contributed by atoms with Gasteiger partial charge in [0.15, 0.2) is 0 Å². The highest BCUT2D eigenvalue weighted by molar-refractivity contribution is 5.69. The largest absolute Gasteiger partial charge is 0.330 e. The molecule has 0 bridgehead atoms. The molecule has 100 valence electrons. The van der Waals surface area contributed by atoms with Crippen LogP contribution in [0.1, 0.15) is 24.2 Å². The Bertz CT molecular complexity index is 572. The van der Waals surface area contributed by atoms with Crippen molar-refractivity contribution in [2.24, 2.45) is 5.73 Å². The van der Waals surface area contributed by atoms with Crippen molar-refractivity contribution in [1.82, 2.24) is 9.78 Å². The summed E-state index contributed by atoms with van der Waals surface area (Å²) in [4.78, 5) is 0. The van der Waals surface area contributed by atoms with Gasteiger partial charge in [0, 0.05) is 24.2 Å². The number of rotatable bonds is 3. The molecule has 3 nitrogen and oxygen atoms in total. The number of nitrogens with zero attached hydrogens (tertiary/aromatic N) is 2. The van der Waals surface area contributed by atoms with Gasteiger partial charge in [0.05, 0.1) is 5.69 Å². The molecule has 0 amide bonds. The summed E-state index contributed by atoms with van der Waals surface area (Å²) in [5, 5.41) is 4.68. The number of benzene rings is 1. The number of halogens is 1. The molecule has 0 unspecified atom stereocenters. The summed E-state index contributed by atoms with van der Waals surface area (Å²) in [6.07, 6.45) is 4.19. The first-order valence-electron chi connectivity index (χ1n) is 6.84. The lowest BCUT2D eigenvalue weighted by Gasteiger charge is -2.14. The minimum atomic E-state index is -0.204. The normalized spacial score (nSPS) is 14.4. The molecule has 2 heterocycles. The monoisotopic (exact) mass is 259 g/mol. The Hall–Kier alpha value is -1.68. The smallest absolute Gasteiger partial charge is 0.123 e.